The Morgan fingerprint density at radius 2 is 1.02 bits per heavy atom. The first-order valence-electron chi connectivity index (χ1n) is 15.8. The van der Waals surface area contributed by atoms with Gasteiger partial charge < -0.3 is 4.42 Å². The first-order valence-corrected chi connectivity index (χ1v) is 16.6. The van der Waals surface area contributed by atoms with Gasteiger partial charge in [0.05, 0.1) is 21.5 Å². The first kappa shape index (κ1) is 26.9. The van der Waals surface area contributed by atoms with E-state index >= 15 is 0 Å². The van der Waals surface area contributed by atoms with E-state index in [4.69, 9.17) is 24.4 Å². The van der Waals surface area contributed by atoms with E-state index in [2.05, 4.69) is 84.9 Å². The first-order chi connectivity index (χ1) is 23.8. The van der Waals surface area contributed by atoms with Gasteiger partial charge in [0, 0.05) is 48.3 Å². The molecule has 0 amide bonds. The summed E-state index contributed by atoms with van der Waals surface area (Å²) in [6, 6.07) is 49.7. The fraction of sp³-hybridized carbons (Fsp3) is 0. The summed E-state index contributed by atoms with van der Waals surface area (Å²) < 4.78 is 8.84. The van der Waals surface area contributed by atoms with Gasteiger partial charge in [0.1, 0.15) is 11.2 Å². The number of para-hydroxylation sites is 2. The molecular weight excluding hydrogens is 609 g/mol. The van der Waals surface area contributed by atoms with Crippen molar-refractivity contribution in [3.05, 3.63) is 146 Å². The minimum absolute atomic E-state index is 0.565. The number of thiophene rings is 1. The molecule has 0 saturated heterocycles. The van der Waals surface area contributed by atoms with Crippen LogP contribution < -0.4 is 0 Å². The summed E-state index contributed by atoms with van der Waals surface area (Å²) in [6.45, 7) is 0. The zero-order chi connectivity index (χ0) is 31.6. The molecule has 10 rings (SSSR count). The zero-order valence-electron chi connectivity index (χ0n) is 25.5. The van der Waals surface area contributed by atoms with Crippen molar-refractivity contribution in [1.29, 1.82) is 0 Å². The largest absolute Gasteiger partial charge is 0.455 e. The third-order valence-electron chi connectivity index (χ3n) is 8.95. The molecule has 0 unspecified atom stereocenters. The second-order valence-electron chi connectivity index (χ2n) is 11.8. The highest BCUT2D eigenvalue weighted by Gasteiger charge is 2.19. The molecule has 0 aliphatic rings. The number of hydrogen-bond donors (Lipinski definition) is 0. The van der Waals surface area contributed by atoms with Crippen LogP contribution in [-0.4, -0.2) is 19.9 Å². The molecule has 0 bridgehead atoms. The van der Waals surface area contributed by atoms with Crippen molar-refractivity contribution < 1.29 is 4.42 Å². The minimum atomic E-state index is 0.565. The molecule has 6 aromatic carbocycles. The Labute approximate surface area is 278 Å². The summed E-state index contributed by atoms with van der Waals surface area (Å²) in [7, 11) is 0. The molecular formula is C42H24N4OS. The number of rotatable bonds is 4. The number of hydrogen-bond acceptors (Lipinski definition) is 6. The number of furan rings is 1. The van der Waals surface area contributed by atoms with E-state index in [1.165, 1.54) is 20.2 Å². The molecule has 0 aliphatic heterocycles. The van der Waals surface area contributed by atoms with E-state index in [0.29, 0.717) is 17.5 Å². The summed E-state index contributed by atoms with van der Waals surface area (Å²) in [6.07, 6.45) is 0. The van der Waals surface area contributed by atoms with Crippen molar-refractivity contribution >= 4 is 64.4 Å². The van der Waals surface area contributed by atoms with Gasteiger partial charge in [-0.1, -0.05) is 127 Å². The number of fused-ring (bicyclic) bond motifs is 8. The van der Waals surface area contributed by atoms with Crippen molar-refractivity contribution in [2.24, 2.45) is 0 Å². The van der Waals surface area contributed by atoms with E-state index in [0.717, 1.165) is 60.8 Å². The molecule has 4 aromatic heterocycles. The van der Waals surface area contributed by atoms with E-state index in [9.17, 15) is 0 Å². The Kier molecular flexibility index (Phi) is 5.98. The van der Waals surface area contributed by atoms with Crippen LogP contribution in [0.1, 0.15) is 0 Å². The Hall–Kier alpha value is -6.24. The van der Waals surface area contributed by atoms with Crippen molar-refractivity contribution in [3.63, 3.8) is 0 Å². The smallest absolute Gasteiger partial charge is 0.167 e. The summed E-state index contributed by atoms with van der Waals surface area (Å²) in [5.41, 5.74) is 7.28. The van der Waals surface area contributed by atoms with Gasteiger partial charge >= 0.3 is 0 Å². The molecule has 6 heteroatoms. The number of benzene rings is 6. The second-order valence-corrected chi connectivity index (χ2v) is 12.9. The maximum Gasteiger partial charge on any atom is 0.167 e. The molecule has 0 N–H and O–H groups in total. The predicted molar refractivity (Wildman–Crippen MR) is 197 cm³/mol. The van der Waals surface area contributed by atoms with E-state index in [-0.39, 0.29) is 0 Å². The van der Waals surface area contributed by atoms with Gasteiger partial charge in [-0.3, -0.25) is 0 Å². The van der Waals surface area contributed by atoms with Crippen LogP contribution in [0.3, 0.4) is 0 Å². The minimum Gasteiger partial charge on any atom is -0.455 e. The van der Waals surface area contributed by atoms with Crippen molar-refractivity contribution in [2.75, 3.05) is 0 Å². The standard InChI is InChI=1S/C42H24N4OS/c1-2-11-26(12-3-1)40-44-41(46-42(45-40)33-18-10-17-30-28-13-6-8-19-34(28)47-38(30)33)27-23-21-25(22-24-27)36-29-14-4-5-15-31(29)39-37(43-36)32-16-7-9-20-35(32)48-39/h1-24H. The van der Waals surface area contributed by atoms with Crippen LogP contribution in [0, 0.1) is 0 Å². The Balaban J connectivity index is 1.14. The lowest BCUT2D eigenvalue weighted by molar-refractivity contribution is 0.669. The van der Waals surface area contributed by atoms with Gasteiger partial charge in [-0.15, -0.1) is 11.3 Å². The SMILES string of the molecule is c1ccc(-c2nc(-c3ccc(-c4nc5c6ccccc6sc5c5ccccc45)cc3)nc(-c3cccc4c3oc3ccccc34)n2)cc1. The lowest BCUT2D eigenvalue weighted by Gasteiger charge is -2.10. The van der Waals surface area contributed by atoms with Crippen LogP contribution in [0.25, 0.3) is 98.4 Å². The summed E-state index contributed by atoms with van der Waals surface area (Å²) in [5.74, 6) is 1.76. The fourth-order valence-corrected chi connectivity index (χ4v) is 7.83. The van der Waals surface area contributed by atoms with E-state index < -0.39 is 0 Å². The number of aromatic nitrogens is 4. The summed E-state index contributed by atoms with van der Waals surface area (Å²) >= 11 is 1.80. The van der Waals surface area contributed by atoms with Crippen molar-refractivity contribution in [1.82, 2.24) is 19.9 Å². The number of pyridine rings is 1. The third kappa shape index (κ3) is 4.24. The molecule has 5 nitrogen and oxygen atoms in total. The molecule has 0 spiro atoms. The highest BCUT2D eigenvalue weighted by atomic mass is 32.1. The molecule has 4 heterocycles. The molecule has 0 aliphatic carbocycles. The molecule has 0 saturated carbocycles. The summed E-state index contributed by atoms with van der Waals surface area (Å²) in [5, 5.41) is 5.64. The van der Waals surface area contributed by atoms with Gasteiger partial charge in [-0.2, -0.15) is 0 Å². The van der Waals surface area contributed by atoms with Gasteiger partial charge in [-0.25, -0.2) is 19.9 Å². The van der Waals surface area contributed by atoms with Crippen LogP contribution in [0.5, 0.6) is 0 Å². The molecule has 224 valence electrons. The third-order valence-corrected chi connectivity index (χ3v) is 10.1. The highest BCUT2D eigenvalue weighted by Crippen LogP contribution is 2.41. The highest BCUT2D eigenvalue weighted by molar-refractivity contribution is 7.26. The topological polar surface area (TPSA) is 64.7 Å². The average Bonchev–Trinajstić information content (AvgIpc) is 3.74. The van der Waals surface area contributed by atoms with Crippen LogP contribution >= 0.6 is 11.3 Å². The fourth-order valence-electron chi connectivity index (χ4n) is 6.65. The van der Waals surface area contributed by atoms with Gasteiger partial charge in [0.25, 0.3) is 0 Å². The Morgan fingerprint density at radius 3 is 1.83 bits per heavy atom. The van der Waals surface area contributed by atoms with Crippen molar-refractivity contribution in [2.45, 2.75) is 0 Å². The van der Waals surface area contributed by atoms with Crippen molar-refractivity contribution in [3.8, 4) is 45.4 Å². The van der Waals surface area contributed by atoms with E-state index in [1.807, 2.05) is 60.7 Å². The zero-order valence-corrected chi connectivity index (χ0v) is 26.3. The predicted octanol–water partition coefficient (Wildman–Crippen LogP) is 11.4. The lowest BCUT2D eigenvalue weighted by Crippen LogP contribution is -2.00. The quantitative estimate of drug-likeness (QED) is 0.193. The molecule has 48 heavy (non-hydrogen) atoms. The normalized spacial score (nSPS) is 11.8. The maximum atomic E-state index is 6.37. The van der Waals surface area contributed by atoms with E-state index in [1.54, 1.807) is 11.3 Å². The van der Waals surface area contributed by atoms with Gasteiger partial charge in [-0.05, 0) is 18.2 Å². The van der Waals surface area contributed by atoms with Crippen LogP contribution in [-0.2, 0) is 0 Å². The van der Waals surface area contributed by atoms with Gasteiger partial charge in [0.15, 0.2) is 17.5 Å². The Morgan fingerprint density at radius 1 is 0.417 bits per heavy atom. The lowest BCUT2D eigenvalue weighted by atomic mass is 10.0. The second kappa shape index (κ2) is 10.7. The van der Waals surface area contributed by atoms with Crippen LogP contribution in [0.15, 0.2) is 150 Å². The average molecular weight is 633 g/mol. The van der Waals surface area contributed by atoms with Crippen LogP contribution in [0.4, 0.5) is 0 Å². The molecule has 10 aromatic rings. The number of nitrogens with zero attached hydrogens (tertiary/aromatic N) is 4. The molecule has 0 radical (unpaired) electrons. The Bertz CT molecular complexity index is 2840. The maximum absolute atomic E-state index is 6.37. The van der Waals surface area contributed by atoms with Gasteiger partial charge in [0.2, 0.25) is 0 Å². The summed E-state index contributed by atoms with van der Waals surface area (Å²) in [4.78, 5) is 20.3. The van der Waals surface area contributed by atoms with Crippen LogP contribution in [0.2, 0.25) is 0 Å². The molecule has 0 atom stereocenters. The molecule has 0 fully saturated rings. The monoisotopic (exact) mass is 632 g/mol.